The van der Waals surface area contributed by atoms with Crippen LogP contribution in [0.2, 0.25) is 0 Å². The number of sulfonamides is 1. The first kappa shape index (κ1) is 23.9. The molecule has 0 aromatic heterocycles. The third-order valence-corrected chi connectivity index (χ3v) is 5.82. The van der Waals surface area contributed by atoms with Gasteiger partial charge in [-0.25, -0.2) is 8.42 Å². The number of nitrogens with one attached hydrogen (secondary N) is 1. The zero-order chi connectivity index (χ0) is 21.2. The molecule has 9 heteroatoms. The highest BCUT2D eigenvalue weighted by Gasteiger charge is 2.20. The lowest BCUT2D eigenvalue weighted by Gasteiger charge is -2.22. The van der Waals surface area contributed by atoms with Crippen LogP contribution in [-0.2, 0) is 14.8 Å². The maximum atomic E-state index is 12.1. The van der Waals surface area contributed by atoms with E-state index in [0.717, 1.165) is 36.2 Å². The average molecular weight is 414 g/mol. The lowest BCUT2D eigenvalue weighted by Crippen LogP contribution is -2.33. The molecule has 28 heavy (non-hydrogen) atoms. The molecule has 0 bridgehead atoms. The first-order valence-corrected chi connectivity index (χ1v) is 11.5. The Morgan fingerprint density at radius 2 is 2.00 bits per heavy atom. The van der Waals surface area contributed by atoms with Crippen LogP contribution >= 0.6 is 0 Å². The van der Waals surface area contributed by atoms with Crippen LogP contribution in [-0.4, -0.2) is 38.6 Å². The maximum Gasteiger partial charge on any atom is 0.271 e. The van der Waals surface area contributed by atoms with Crippen LogP contribution in [0.15, 0.2) is 24.3 Å². The predicted octanol–water partition coefficient (Wildman–Crippen LogP) is 3.47. The Bertz CT molecular complexity index is 752. The van der Waals surface area contributed by atoms with E-state index >= 15 is 0 Å². The van der Waals surface area contributed by atoms with Crippen molar-refractivity contribution < 1.29 is 18.1 Å². The number of nitro benzene ring substituents is 1. The number of non-ortho nitro benzene ring substituents is 1. The summed E-state index contributed by atoms with van der Waals surface area (Å²) < 4.78 is 25.3. The molecule has 0 spiro atoms. The van der Waals surface area contributed by atoms with Crippen molar-refractivity contribution in [2.24, 2.45) is 5.92 Å². The minimum absolute atomic E-state index is 0.0838. The molecular weight excluding hydrogens is 382 g/mol. The molecule has 0 saturated carbocycles. The number of hydrogen-bond donors (Lipinski definition) is 1. The van der Waals surface area contributed by atoms with Gasteiger partial charge >= 0.3 is 0 Å². The normalized spacial score (nSPS) is 12.4. The zero-order valence-corrected chi connectivity index (χ0v) is 17.7. The highest BCUT2D eigenvalue weighted by Crippen LogP contribution is 2.23. The first-order chi connectivity index (χ1) is 13.2. The van der Waals surface area contributed by atoms with Crippen LogP contribution in [0.25, 0.3) is 0 Å². The largest absolute Gasteiger partial charge is 0.356 e. The minimum atomic E-state index is -3.62. The lowest BCUT2D eigenvalue weighted by atomic mass is 9.99. The molecule has 158 valence electrons. The van der Waals surface area contributed by atoms with E-state index in [1.807, 2.05) is 0 Å². The van der Waals surface area contributed by atoms with E-state index in [1.54, 1.807) is 0 Å². The Labute approximate surface area is 167 Å². The standard InChI is InChI=1S/C19H31N3O5S/c1-4-6-9-16(5-2)15-20-19(23)12-8-13-21(28(3,26)27)17-10-7-11-18(14-17)22(24)25/h7,10-11,14,16H,4-6,8-9,12-13,15H2,1-3H3,(H,20,23)/t16-/m1/s1. The van der Waals surface area contributed by atoms with Gasteiger partial charge < -0.3 is 5.32 Å². The number of nitrogens with zero attached hydrogens (tertiary/aromatic N) is 2. The summed E-state index contributed by atoms with van der Waals surface area (Å²) in [6, 6.07) is 5.48. The van der Waals surface area contributed by atoms with Gasteiger partial charge in [0, 0.05) is 31.6 Å². The van der Waals surface area contributed by atoms with Crippen molar-refractivity contribution in [3.8, 4) is 0 Å². The minimum Gasteiger partial charge on any atom is -0.356 e. The number of rotatable bonds is 13. The summed E-state index contributed by atoms with van der Waals surface area (Å²) in [6.45, 7) is 4.96. The second-order valence-corrected chi connectivity index (χ2v) is 8.84. The monoisotopic (exact) mass is 413 g/mol. The molecule has 1 N–H and O–H groups in total. The number of benzene rings is 1. The molecular formula is C19H31N3O5S. The van der Waals surface area contributed by atoms with E-state index < -0.39 is 14.9 Å². The number of carbonyl (C=O) groups is 1. The van der Waals surface area contributed by atoms with Gasteiger partial charge in [0.1, 0.15) is 0 Å². The van der Waals surface area contributed by atoms with E-state index in [1.165, 1.54) is 24.3 Å². The van der Waals surface area contributed by atoms with Crippen LogP contribution in [0, 0.1) is 16.0 Å². The van der Waals surface area contributed by atoms with Gasteiger partial charge in [0.15, 0.2) is 0 Å². The summed E-state index contributed by atoms with van der Waals surface area (Å²) in [5.41, 5.74) is 0.0456. The average Bonchev–Trinajstić information content (AvgIpc) is 2.64. The second-order valence-electron chi connectivity index (χ2n) is 6.94. The molecule has 1 aromatic carbocycles. The smallest absolute Gasteiger partial charge is 0.271 e. The zero-order valence-electron chi connectivity index (χ0n) is 16.9. The van der Waals surface area contributed by atoms with Gasteiger partial charge in [-0.15, -0.1) is 0 Å². The van der Waals surface area contributed by atoms with Crippen molar-refractivity contribution >= 4 is 27.3 Å². The summed E-state index contributed by atoms with van der Waals surface area (Å²) in [7, 11) is -3.62. The summed E-state index contributed by atoms with van der Waals surface area (Å²) in [5, 5.41) is 13.9. The predicted molar refractivity (Wildman–Crippen MR) is 111 cm³/mol. The van der Waals surface area contributed by atoms with Gasteiger partial charge in [-0.3, -0.25) is 19.2 Å². The van der Waals surface area contributed by atoms with Crippen LogP contribution in [0.3, 0.4) is 0 Å². The van der Waals surface area contributed by atoms with Crippen LogP contribution in [0.1, 0.15) is 52.4 Å². The molecule has 1 aromatic rings. The Morgan fingerprint density at radius 3 is 2.57 bits per heavy atom. The number of nitro groups is 1. The molecule has 0 fully saturated rings. The Morgan fingerprint density at radius 1 is 1.29 bits per heavy atom. The van der Waals surface area contributed by atoms with E-state index in [-0.39, 0.29) is 30.2 Å². The van der Waals surface area contributed by atoms with Crippen LogP contribution in [0.5, 0.6) is 0 Å². The molecule has 1 atom stereocenters. The van der Waals surface area contributed by atoms with Gasteiger partial charge in [0.05, 0.1) is 16.9 Å². The molecule has 0 aliphatic carbocycles. The van der Waals surface area contributed by atoms with E-state index in [0.29, 0.717) is 18.9 Å². The molecule has 0 heterocycles. The van der Waals surface area contributed by atoms with Gasteiger partial charge in [-0.05, 0) is 24.8 Å². The number of anilines is 1. The Balaban J connectivity index is 2.62. The van der Waals surface area contributed by atoms with Gasteiger partial charge in [0.25, 0.3) is 5.69 Å². The van der Waals surface area contributed by atoms with Crippen LogP contribution < -0.4 is 9.62 Å². The number of carbonyl (C=O) groups excluding carboxylic acids is 1. The molecule has 8 nitrogen and oxygen atoms in total. The fourth-order valence-electron chi connectivity index (χ4n) is 2.92. The summed E-state index contributed by atoms with van der Waals surface area (Å²) in [6.07, 6.45) is 5.94. The number of hydrogen-bond acceptors (Lipinski definition) is 5. The highest BCUT2D eigenvalue weighted by molar-refractivity contribution is 7.92. The van der Waals surface area contributed by atoms with Crippen molar-refractivity contribution in [3.05, 3.63) is 34.4 Å². The van der Waals surface area contributed by atoms with Crippen molar-refractivity contribution in [2.75, 3.05) is 23.7 Å². The summed E-state index contributed by atoms with van der Waals surface area (Å²) in [5.74, 6) is 0.351. The topological polar surface area (TPSA) is 110 Å². The third kappa shape index (κ3) is 8.24. The Hall–Kier alpha value is -2.16. The van der Waals surface area contributed by atoms with Gasteiger partial charge in [0.2, 0.25) is 15.9 Å². The third-order valence-electron chi connectivity index (χ3n) is 4.63. The highest BCUT2D eigenvalue weighted by atomic mass is 32.2. The lowest BCUT2D eigenvalue weighted by molar-refractivity contribution is -0.384. The number of amides is 1. The maximum absolute atomic E-state index is 12.1. The molecule has 1 rings (SSSR count). The molecule has 0 aliphatic heterocycles. The van der Waals surface area contributed by atoms with Gasteiger partial charge in [-0.1, -0.05) is 39.2 Å². The first-order valence-electron chi connectivity index (χ1n) is 9.67. The van der Waals surface area contributed by atoms with Crippen molar-refractivity contribution in [2.45, 2.75) is 52.4 Å². The fourth-order valence-corrected chi connectivity index (χ4v) is 3.88. The fraction of sp³-hybridized carbons (Fsp3) is 0.632. The SMILES string of the molecule is CCCC[C@@H](CC)CNC(=O)CCCN(c1cccc([N+](=O)[O-])c1)S(C)(=O)=O. The van der Waals surface area contributed by atoms with Crippen molar-refractivity contribution in [3.63, 3.8) is 0 Å². The molecule has 0 radical (unpaired) electrons. The second kappa shape index (κ2) is 11.6. The molecule has 0 unspecified atom stereocenters. The summed E-state index contributed by atoms with van der Waals surface area (Å²) in [4.78, 5) is 22.4. The Kier molecular flexibility index (Phi) is 9.92. The summed E-state index contributed by atoms with van der Waals surface area (Å²) >= 11 is 0. The van der Waals surface area contributed by atoms with E-state index in [2.05, 4.69) is 19.2 Å². The van der Waals surface area contributed by atoms with Gasteiger partial charge in [-0.2, -0.15) is 0 Å². The van der Waals surface area contributed by atoms with Crippen LogP contribution in [0.4, 0.5) is 11.4 Å². The van der Waals surface area contributed by atoms with E-state index in [9.17, 15) is 23.3 Å². The molecule has 1 amide bonds. The number of unbranched alkanes of at least 4 members (excludes halogenated alkanes) is 1. The molecule has 0 saturated heterocycles. The van der Waals surface area contributed by atoms with Crippen molar-refractivity contribution in [1.82, 2.24) is 5.32 Å². The quantitative estimate of drug-likeness (QED) is 0.393. The van der Waals surface area contributed by atoms with E-state index in [4.69, 9.17) is 0 Å². The van der Waals surface area contributed by atoms with Crippen molar-refractivity contribution in [1.29, 1.82) is 0 Å². The molecule has 0 aliphatic rings.